The molecule has 0 radical (unpaired) electrons. The number of hydrogen-bond donors (Lipinski definition) is 1. The molecule has 0 saturated heterocycles. The van der Waals surface area contributed by atoms with Crippen LogP contribution < -0.4 is 5.32 Å². The van der Waals surface area contributed by atoms with E-state index in [9.17, 15) is 0 Å². The van der Waals surface area contributed by atoms with Gasteiger partial charge in [0.15, 0.2) is 0 Å². The normalized spacial score (nSPS) is 16.2. The van der Waals surface area contributed by atoms with Crippen molar-refractivity contribution in [3.05, 3.63) is 72.3 Å². The van der Waals surface area contributed by atoms with Crippen LogP contribution in [0.15, 0.2) is 76.1 Å². The highest BCUT2D eigenvalue weighted by Crippen LogP contribution is 2.29. The minimum absolute atomic E-state index is 0. The molecule has 1 aromatic heterocycles. The maximum absolute atomic E-state index is 6.03. The molecule has 0 bridgehead atoms. The van der Waals surface area contributed by atoms with Crippen molar-refractivity contribution in [3.63, 3.8) is 0 Å². The van der Waals surface area contributed by atoms with Crippen LogP contribution in [0.1, 0.15) is 12.5 Å². The molecule has 4 rings (SSSR count). The molecule has 0 amide bonds. The maximum atomic E-state index is 6.03. The first-order valence-electron chi connectivity index (χ1n) is 7.87. The summed E-state index contributed by atoms with van der Waals surface area (Å²) in [5.74, 6) is 2.72. The lowest BCUT2D eigenvalue weighted by molar-refractivity contribution is 0.597. The van der Waals surface area contributed by atoms with Gasteiger partial charge in [0.25, 0.3) is 0 Å². The van der Waals surface area contributed by atoms with Crippen LogP contribution in [0.3, 0.4) is 0 Å². The summed E-state index contributed by atoms with van der Waals surface area (Å²) in [4.78, 5) is 4.55. The summed E-state index contributed by atoms with van der Waals surface area (Å²) < 4.78 is 6.03. The Bertz CT molecular complexity index is 855. The van der Waals surface area contributed by atoms with Crippen molar-refractivity contribution >= 4 is 18.2 Å². The van der Waals surface area contributed by atoms with Crippen molar-refractivity contribution in [2.75, 3.05) is 6.54 Å². The molecule has 3 aromatic rings. The second-order valence-corrected chi connectivity index (χ2v) is 5.85. The summed E-state index contributed by atoms with van der Waals surface area (Å²) in [7, 11) is 0. The fraction of sp³-hybridized carbons (Fsp3) is 0.150. The summed E-state index contributed by atoms with van der Waals surface area (Å²) in [6.07, 6.45) is 0. The minimum Gasteiger partial charge on any atom is -0.456 e. The number of aliphatic imine (C=N–C) groups is 1. The van der Waals surface area contributed by atoms with Gasteiger partial charge in [-0.15, -0.1) is 12.4 Å². The topological polar surface area (TPSA) is 37.5 Å². The van der Waals surface area contributed by atoms with Crippen LogP contribution >= 0.6 is 12.4 Å². The Morgan fingerprint density at radius 1 is 0.875 bits per heavy atom. The summed E-state index contributed by atoms with van der Waals surface area (Å²) in [6, 6.07) is 22.9. The molecular weight excluding hydrogens is 320 g/mol. The highest BCUT2D eigenvalue weighted by Gasteiger charge is 2.15. The van der Waals surface area contributed by atoms with Crippen molar-refractivity contribution in [1.82, 2.24) is 5.32 Å². The van der Waals surface area contributed by atoms with Crippen LogP contribution in [-0.2, 0) is 0 Å². The van der Waals surface area contributed by atoms with Gasteiger partial charge in [0, 0.05) is 22.7 Å². The molecule has 0 fully saturated rings. The number of nitrogens with zero attached hydrogens (tertiary/aromatic N) is 1. The van der Waals surface area contributed by atoms with Crippen molar-refractivity contribution in [2.45, 2.75) is 13.0 Å². The molecule has 1 aliphatic heterocycles. The molecule has 0 saturated carbocycles. The first-order chi connectivity index (χ1) is 11.3. The monoisotopic (exact) mass is 338 g/mol. The first kappa shape index (κ1) is 16.3. The van der Waals surface area contributed by atoms with E-state index < -0.39 is 0 Å². The van der Waals surface area contributed by atoms with Crippen LogP contribution in [-0.4, -0.2) is 18.4 Å². The predicted molar refractivity (Wildman–Crippen MR) is 101 cm³/mol. The van der Waals surface area contributed by atoms with E-state index in [4.69, 9.17) is 4.42 Å². The number of amidine groups is 1. The van der Waals surface area contributed by atoms with Crippen LogP contribution in [0.2, 0.25) is 0 Å². The molecule has 3 nitrogen and oxygen atoms in total. The minimum atomic E-state index is 0. The maximum Gasteiger partial charge on any atom is 0.134 e. The van der Waals surface area contributed by atoms with E-state index in [-0.39, 0.29) is 12.4 Å². The molecule has 2 heterocycles. The summed E-state index contributed by atoms with van der Waals surface area (Å²) in [5.41, 5.74) is 3.25. The average Bonchev–Trinajstić information content (AvgIpc) is 3.25. The van der Waals surface area contributed by atoms with Crippen molar-refractivity contribution in [2.24, 2.45) is 4.99 Å². The Morgan fingerprint density at radius 2 is 1.54 bits per heavy atom. The Kier molecular flexibility index (Phi) is 4.72. The smallest absolute Gasteiger partial charge is 0.134 e. The zero-order valence-corrected chi connectivity index (χ0v) is 14.2. The Hall–Kier alpha value is -2.52. The second-order valence-electron chi connectivity index (χ2n) is 5.85. The summed E-state index contributed by atoms with van der Waals surface area (Å²) in [5, 5.41) is 3.40. The van der Waals surface area contributed by atoms with Gasteiger partial charge >= 0.3 is 0 Å². The number of furan rings is 1. The third-order valence-electron chi connectivity index (χ3n) is 3.99. The van der Waals surface area contributed by atoms with E-state index >= 15 is 0 Å². The van der Waals surface area contributed by atoms with Gasteiger partial charge in [0.2, 0.25) is 0 Å². The molecule has 1 atom stereocenters. The zero-order valence-electron chi connectivity index (χ0n) is 13.4. The Morgan fingerprint density at radius 3 is 2.25 bits per heavy atom. The fourth-order valence-electron chi connectivity index (χ4n) is 2.80. The lowest BCUT2D eigenvalue weighted by Gasteiger charge is -2.07. The summed E-state index contributed by atoms with van der Waals surface area (Å²) in [6.45, 7) is 2.97. The summed E-state index contributed by atoms with van der Waals surface area (Å²) >= 11 is 0. The molecule has 1 unspecified atom stereocenters. The van der Waals surface area contributed by atoms with Crippen LogP contribution in [0.4, 0.5) is 0 Å². The lowest BCUT2D eigenvalue weighted by Crippen LogP contribution is -2.27. The van der Waals surface area contributed by atoms with E-state index in [1.165, 1.54) is 0 Å². The highest BCUT2D eigenvalue weighted by atomic mass is 35.5. The van der Waals surface area contributed by atoms with Gasteiger partial charge in [-0.2, -0.15) is 0 Å². The number of nitrogens with one attached hydrogen (secondary N) is 1. The highest BCUT2D eigenvalue weighted by molar-refractivity contribution is 6.00. The van der Waals surface area contributed by atoms with E-state index in [0.717, 1.165) is 40.6 Å². The first-order valence-corrected chi connectivity index (χ1v) is 7.87. The molecular formula is C20H19ClN2O. The van der Waals surface area contributed by atoms with E-state index in [2.05, 4.69) is 47.6 Å². The van der Waals surface area contributed by atoms with Crippen molar-refractivity contribution < 1.29 is 4.42 Å². The van der Waals surface area contributed by atoms with E-state index in [1.54, 1.807) is 0 Å². The standard InChI is InChI=1S/C20H18N2O.ClH/c1-14-13-21-20(22-14)17-9-5-8-16(12-17)19-11-10-18(23-19)15-6-3-2-4-7-15;/h2-12,14H,13H2,1H3,(H,21,22);1H. The molecule has 0 aliphatic carbocycles. The molecule has 122 valence electrons. The number of benzene rings is 2. The molecule has 2 aromatic carbocycles. The molecule has 0 spiro atoms. The van der Waals surface area contributed by atoms with Gasteiger partial charge in [0.05, 0.1) is 6.54 Å². The number of rotatable bonds is 3. The molecule has 4 heteroatoms. The second kappa shape index (κ2) is 6.93. The largest absolute Gasteiger partial charge is 0.456 e. The van der Waals surface area contributed by atoms with Gasteiger partial charge in [-0.25, -0.2) is 0 Å². The van der Waals surface area contributed by atoms with Crippen LogP contribution in [0.5, 0.6) is 0 Å². The van der Waals surface area contributed by atoms with E-state index in [0.29, 0.717) is 6.04 Å². The zero-order chi connectivity index (χ0) is 15.6. The van der Waals surface area contributed by atoms with Crippen molar-refractivity contribution in [1.29, 1.82) is 0 Å². The van der Waals surface area contributed by atoms with Gasteiger partial charge in [-0.3, -0.25) is 4.99 Å². The third-order valence-corrected chi connectivity index (χ3v) is 3.99. The SMILES string of the molecule is CC1CN=C(c2cccc(-c3ccc(-c4ccccc4)o3)c2)N1.Cl. The average molecular weight is 339 g/mol. The third kappa shape index (κ3) is 3.22. The molecule has 1 aliphatic rings. The predicted octanol–water partition coefficient (Wildman–Crippen LogP) is 4.77. The number of halogens is 1. The number of hydrogen-bond acceptors (Lipinski definition) is 3. The van der Waals surface area contributed by atoms with Gasteiger partial charge in [-0.05, 0) is 25.1 Å². The van der Waals surface area contributed by atoms with Crippen molar-refractivity contribution in [3.8, 4) is 22.6 Å². The van der Waals surface area contributed by atoms with Gasteiger partial charge < -0.3 is 9.73 Å². The Balaban J connectivity index is 0.00000169. The van der Waals surface area contributed by atoms with Gasteiger partial charge in [0.1, 0.15) is 17.4 Å². The van der Waals surface area contributed by atoms with Crippen LogP contribution in [0.25, 0.3) is 22.6 Å². The quantitative estimate of drug-likeness (QED) is 0.746. The lowest BCUT2D eigenvalue weighted by atomic mass is 10.1. The fourth-order valence-corrected chi connectivity index (χ4v) is 2.80. The molecule has 24 heavy (non-hydrogen) atoms. The van der Waals surface area contributed by atoms with Crippen LogP contribution in [0, 0.1) is 0 Å². The van der Waals surface area contributed by atoms with E-state index in [1.807, 2.05) is 36.4 Å². The Labute approximate surface area is 147 Å². The van der Waals surface area contributed by atoms with Gasteiger partial charge in [-0.1, -0.05) is 48.5 Å². The molecule has 1 N–H and O–H groups in total.